The van der Waals surface area contributed by atoms with Gasteiger partial charge in [0.15, 0.2) is 0 Å². The first-order chi connectivity index (χ1) is 11.6. The molecule has 0 N–H and O–H groups in total. The summed E-state index contributed by atoms with van der Waals surface area (Å²) in [7, 11) is 0. The highest BCUT2D eigenvalue weighted by molar-refractivity contribution is 5.31. The Bertz CT molecular complexity index is 649. The van der Waals surface area contributed by atoms with Crippen LogP contribution in [0.3, 0.4) is 0 Å². The fourth-order valence-corrected chi connectivity index (χ4v) is 4.36. The van der Waals surface area contributed by atoms with Gasteiger partial charge in [0.1, 0.15) is 0 Å². The molecule has 0 spiro atoms. The second-order valence-corrected chi connectivity index (χ2v) is 9.33. The van der Waals surface area contributed by atoms with Crippen LogP contribution in [0.25, 0.3) is 0 Å². The van der Waals surface area contributed by atoms with Crippen LogP contribution in [0.5, 0.6) is 0 Å². The molecule has 0 heteroatoms. The summed E-state index contributed by atoms with van der Waals surface area (Å²) < 4.78 is 0. The van der Waals surface area contributed by atoms with E-state index in [1.807, 2.05) is 0 Å². The molecule has 3 unspecified atom stereocenters. The zero-order valence-electron chi connectivity index (χ0n) is 17.3. The summed E-state index contributed by atoms with van der Waals surface area (Å²) in [4.78, 5) is 0. The highest BCUT2D eigenvalue weighted by atomic mass is 14.5. The van der Waals surface area contributed by atoms with E-state index in [0.29, 0.717) is 5.92 Å². The average molecular weight is 337 g/mol. The first-order valence-electron chi connectivity index (χ1n) is 9.74. The van der Waals surface area contributed by atoms with Gasteiger partial charge in [-0.15, -0.1) is 0 Å². The van der Waals surface area contributed by atoms with Crippen LogP contribution in [0, 0.1) is 11.3 Å². The van der Waals surface area contributed by atoms with Gasteiger partial charge in [-0.05, 0) is 46.1 Å². The first kappa shape index (κ1) is 19.8. The van der Waals surface area contributed by atoms with Gasteiger partial charge in [-0.3, -0.25) is 0 Å². The lowest BCUT2D eigenvalue weighted by Gasteiger charge is -2.48. The van der Waals surface area contributed by atoms with Crippen LogP contribution in [0.15, 0.2) is 60.7 Å². The molecule has 25 heavy (non-hydrogen) atoms. The zero-order chi connectivity index (χ0) is 18.7. The van der Waals surface area contributed by atoms with Gasteiger partial charge in [0, 0.05) is 0 Å². The predicted molar refractivity (Wildman–Crippen MR) is 111 cm³/mol. The van der Waals surface area contributed by atoms with Gasteiger partial charge in [0.2, 0.25) is 0 Å². The minimum atomic E-state index is 0.125. The Balaban J connectivity index is 2.53. The van der Waals surface area contributed by atoms with Crippen molar-refractivity contribution in [2.24, 2.45) is 11.3 Å². The maximum Gasteiger partial charge on any atom is -0.00363 e. The van der Waals surface area contributed by atoms with Crippen molar-refractivity contribution in [1.82, 2.24) is 0 Å². The number of hydrogen-bond donors (Lipinski definition) is 0. The molecule has 0 aromatic heterocycles. The Kier molecular flexibility index (Phi) is 5.82. The van der Waals surface area contributed by atoms with Crippen LogP contribution in [0.1, 0.15) is 72.4 Å². The van der Waals surface area contributed by atoms with Crippen LogP contribution in [-0.2, 0) is 10.8 Å². The van der Waals surface area contributed by atoms with Gasteiger partial charge < -0.3 is 0 Å². The third-order valence-electron chi connectivity index (χ3n) is 6.70. The van der Waals surface area contributed by atoms with Gasteiger partial charge in [-0.2, -0.15) is 0 Å². The Labute approximate surface area is 155 Å². The normalized spacial score (nSPS) is 18.2. The molecule has 0 nitrogen and oxygen atoms in total. The van der Waals surface area contributed by atoms with Crippen LogP contribution in [0.2, 0.25) is 0 Å². The van der Waals surface area contributed by atoms with Gasteiger partial charge in [0.05, 0.1) is 0 Å². The van der Waals surface area contributed by atoms with E-state index in [1.165, 1.54) is 11.1 Å². The number of benzene rings is 2. The van der Waals surface area contributed by atoms with Gasteiger partial charge in [0.25, 0.3) is 0 Å². The van der Waals surface area contributed by atoms with Gasteiger partial charge in [-0.25, -0.2) is 0 Å². The molecule has 0 aliphatic rings. The summed E-state index contributed by atoms with van der Waals surface area (Å²) in [5.74, 6) is 0.567. The van der Waals surface area contributed by atoms with E-state index in [4.69, 9.17) is 0 Å². The molecule has 0 radical (unpaired) electrons. The maximum absolute atomic E-state index is 2.48. The molecule has 0 amide bonds. The van der Waals surface area contributed by atoms with Crippen molar-refractivity contribution in [2.45, 2.75) is 72.1 Å². The van der Waals surface area contributed by atoms with E-state index < -0.39 is 0 Å². The molecule has 136 valence electrons. The smallest absolute Gasteiger partial charge is 0.00363 e. The molecule has 0 heterocycles. The summed E-state index contributed by atoms with van der Waals surface area (Å²) in [5, 5.41) is 0. The molecule has 2 aromatic carbocycles. The lowest BCUT2D eigenvalue weighted by atomic mass is 9.56. The Morgan fingerprint density at radius 1 is 0.720 bits per heavy atom. The molecule has 0 aliphatic carbocycles. The topological polar surface area (TPSA) is 0 Å². The molecular weight excluding hydrogens is 300 g/mol. The highest BCUT2D eigenvalue weighted by Gasteiger charge is 2.44. The third kappa shape index (κ3) is 4.17. The monoisotopic (exact) mass is 336 g/mol. The van der Waals surface area contributed by atoms with Gasteiger partial charge >= 0.3 is 0 Å². The molecule has 0 saturated carbocycles. The average Bonchev–Trinajstić information content (AvgIpc) is 2.61. The molecular formula is C25H36. The van der Waals surface area contributed by atoms with Gasteiger partial charge in [-0.1, -0.05) is 109 Å². The van der Waals surface area contributed by atoms with E-state index in [9.17, 15) is 0 Å². The molecule has 3 atom stereocenters. The van der Waals surface area contributed by atoms with Crippen LogP contribution in [-0.4, -0.2) is 0 Å². The molecule has 0 aliphatic heterocycles. The quantitative estimate of drug-likeness (QED) is 0.516. The summed E-state index contributed by atoms with van der Waals surface area (Å²) in [6.45, 7) is 16.8. The predicted octanol–water partition coefficient (Wildman–Crippen LogP) is 7.38. The van der Waals surface area contributed by atoms with E-state index >= 15 is 0 Å². The Morgan fingerprint density at radius 2 is 1.16 bits per heavy atom. The second kappa shape index (κ2) is 7.36. The molecule has 2 aromatic rings. The van der Waals surface area contributed by atoms with Crippen molar-refractivity contribution in [3.05, 3.63) is 71.8 Å². The van der Waals surface area contributed by atoms with E-state index in [-0.39, 0.29) is 16.2 Å². The van der Waals surface area contributed by atoms with Crippen LogP contribution < -0.4 is 0 Å². The van der Waals surface area contributed by atoms with Crippen molar-refractivity contribution in [3.8, 4) is 0 Å². The zero-order valence-corrected chi connectivity index (χ0v) is 17.3. The van der Waals surface area contributed by atoms with E-state index in [1.54, 1.807) is 0 Å². The Morgan fingerprint density at radius 3 is 1.56 bits per heavy atom. The summed E-state index contributed by atoms with van der Waals surface area (Å²) in [5.41, 5.74) is 3.48. The lowest BCUT2D eigenvalue weighted by Crippen LogP contribution is -2.43. The molecule has 0 bridgehead atoms. The molecule has 2 rings (SSSR count). The Hall–Kier alpha value is -1.56. The van der Waals surface area contributed by atoms with Crippen molar-refractivity contribution in [1.29, 1.82) is 0 Å². The van der Waals surface area contributed by atoms with E-state index in [2.05, 4.69) is 109 Å². The summed E-state index contributed by atoms with van der Waals surface area (Å²) in [6, 6.07) is 22.2. The highest BCUT2D eigenvalue weighted by Crippen LogP contribution is 2.50. The van der Waals surface area contributed by atoms with E-state index in [0.717, 1.165) is 12.8 Å². The van der Waals surface area contributed by atoms with Crippen LogP contribution in [0.4, 0.5) is 0 Å². The number of rotatable bonds is 6. The SMILES string of the molecule is CCC(C)(CC(C)(c1ccccc1)C(C)C(C)(C)C)c1ccccc1. The van der Waals surface area contributed by atoms with Crippen LogP contribution >= 0.6 is 0 Å². The largest absolute Gasteiger partial charge is 0.0645 e. The summed E-state index contributed by atoms with van der Waals surface area (Å²) >= 11 is 0. The fourth-order valence-electron chi connectivity index (χ4n) is 4.36. The fraction of sp³-hybridized carbons (Fsp3) is 0.520. The summed E-state index contributed by atoms with van der Waals surface area (Å²) in [6.07, 6.45) is 2.30. The van der Waals surface area contributed by atoms with Crippen molar-refractivity contribution >= 4 is 0 Å². The molecule has 0 saturated heterocycles. The third-order valence-corrected chi connectivity index (χ3v) is 6.70. The standard InChI is InChI=1S/C25H36/c1-8-24(6,21-15-11-9-12-16-21)19-25(7,20(2)23(3,4)5)22-17-13-10-14-18-22/h9-18,20H,8,19H2,1-7H3. The lowest BCUT2D eigenvalue weighted by molar-refractivity contribution is 0.119. The minimum absolute atomic E-state index is 0.125. The number of hydrogen-bond acceptors (Lipinski definition) is 0. The molecule has 0 fully saturated rings. The van der Waals surface area contributed by atoms with Crippen molar-refractivity contribution < 1.29 is 0 Å². The van der Waals surface area contributed by atoms with Crippen molar-refractivity contribution in [2.75, 3.05) is 0 Å². The first-order valence-corrected chi connectivity index (χ1v) is 9.74. The second-order valence-electron chi connectivity index (χ2n) is 9.33. The minimum Gasteiger partial charge on any atom is -0.0645 e. The maximum atomic E-state index is 2.48. The van der Waals surface area contributed by atoms with Crippen molar-refractivity contribution in [3.63, 3.8) is 0 Å².